The predicted molar refractivity (Wildman–Crippen MR) is 84.4 cm³/mol. The van der Waals surface area contributed by atoms with Crippen molar-refractivity contribution < 1.29 is 4.74 Å². The average molecular weight is 326 g/mol. The molecule has 0 saturated carbocycles. The first kappa shape index (κ1) is 14.5. The SMILES string of the molecule is Clc1nc(NCCc2ccsc2)nc(N2CCOCC2)n1. The topological polar surface area (TPSA) is 63.2 Å². The lowest BCUT2D eigenvalue weighted by molar-refractivity contribution is 0.122. The van der Waals surface area contributed by atoms with Crippen molar-refractivity contribution >= 4 is 34.8 Å². The predicted octanol–water partition coefficient (Wildman–Crippen LogP) is 2.08. The summed E-state index contributed by atoms with van der Waals surface area (Å²) in [4.78, 5) is 14.8. The maximum atomic E-state index is 5.99. The van der Waals surface area contributed by atoms with Gasteiger partial charge in [-0.3, -0.25) is 0 Å². The number of rotatable bonds is 5. The number of nitrogens with zero attached hydrogens (tertiary/aromatic N) is 4. The van der Waals surface area contributed by atoms with Gasteiger partial charge in [-0.1, -0.05) is 0 Å². The molecule has 2 aromatic rings. The molecule has 0 amide bonds. The highest BCUT2D eigenvalue weighted by Gasteiger charge is 2.15. The second kappa shape index (κ2) is 7.02. The first-order valence-corrected chi connectivity index (χ1v) is 8.12. The molecule has 1 aliphatic heterocycles. The summed E-state index contributed by atoms with van der Waals surface area (Å²) < 4.78 is 5.33. The van der Waals surface area contributed by atoms with Gasteiger partial charge in [-0.25, -0.2) is 0 Å². The number of nitrogens with one attached hydrogen (secondary N) is 1. The van der Waals surface area contributed by atoms with Crippen LogP contribution in [0.15, 0.2) is 16.8 Å². The lowest BCUT2D eigenvalue weighted by Gasteiger charge is -2.26. The summed E-state index contributed by atoms with van der Waals surface area (Å²) in [7, 11) is 0. The number of hydrogen-bond acceptors (Lipinski definition) is 7. The van der Waals surface area contributed by atoms with E-state index in [1.807, 2.05) is 0 Å². The van der Waals surface area contributed by atoms with Crippen LogP contribution >= 0.6 is 22.9 Å². The van der Waals surface area contributed by atoms with Crippen molar-refractivity contribution in [3.63, 3.8) is 0 Å². The van der Waals surface area contributed by atoms with Gasteiger partial charge in [0.25, 0.3) is 0 Å². The van der Waals surface area contributed by atoms with E-state index in [0.29, 0.717) is 25.1 Å². The Kier molecular flexibility index (Phi) is 4.84. The van der Waals surface area contributed by atoms with Gasteiger partial charge in [0.1, 0.15) is 0 Å². The highest BCUT2D eigenvalue weighted by atomic mass is 35.5. The summed E-state index contributed by atoms with van der Waals surface area (Å²) in [5.41, 5.74) is 1.31. The number of morpholine rings is 1. The molecule has 3 rings (SSSR count). The van der Waals surface area contributed by atoms with Crippen LogP contribution in [-0.4, -0.2) is 47.8 Å². The normalized spacial score (nSPS) is 15.2. The van der Waals surface area contributed by atoms with Crippen molar-refractivity contribution in [3.05, 3.63) is 27.7 Å². The van der Waals surface area contributed by atoms with E-state index in [1.54, 1.807) is 11.3 Å². The Hall–Kier alpha value is -1.44. The molecule has 1 saturated heterocycles. The Bertz CT molecular complexity index is 574. The minimum absolute atomic E-state index is 0.213. The zero-order valence-electron chi connectivity index (χ0n) is 11.5. The van der Waals surface area contributed by atoms with Crippen molar-refractivity contribution in [1.29, 1.82) is 0 Å². The second-order valence-corrected chi connectivity index (χ2v) is 5.75. The highest BCUT2D eigenvalue weighted by Crippen LogP contribution is 2.15. The number of ether oxygens (including phenoxy) is 1. The minimum atomic E-state index is 0.213. The molecule has 21 heavy (non-hydrogen) atoms. The smallest absolute Gasteiger partial charge is 0.231 e. The monoisotopic (exact) mass is 325 g/mol. The van der Waals surface area contributed by atoms with Gasteiger partial charge in [0, 0.05) is 19.6 Å². The van der Waals surface area contributed by atoms with E-state index in [9.17, 15) is 0 Å². The first-order valence-electron chi connectivity index (χ1n) is 6.80. The van der Waals surface area contributed by atoms with Crippen molar-refractivity contribution in [2.24, 2.45) is 0 Å². The molecule has 0 radical (unpaired) electrons. The summed E-state index contributed by atoms with van der Waals surface area (Å²) in [6.07, 6.45) is 0.930. The van der Waals surface area contributed by atoms with Gasteiger partial charge in [-0.2, -0.15) is 26.3 Å². The van der Waals surface area contributed by atoms with E-state index in [1.165, 1.54) is 5.56 Å². The van der Waals surface area contributed by atoms with E-state index in [4.69, 9.17) is 16.3 Å². The molecule has 1 N–H and O–H groups in total. The molecule has 0 bridgehead atoms. The summed E-state index contributed by atoms with van der Waals surface area (Å²) in [5.74, 6) is 1.13. The zero-order chi connectivity index (χ0) is 14.5. The summed E-state index contributed by atoms with van der Waals surface area (Å²) in [5, 5.41) is 7.63. The minimum Gasteiger partial charge on any atom is -0.378 e. The second-order valence-electron chi connectivity index (χ2n) is 4.64. The Morgan fingerprint density at radius 3 is 2.90 bits per heavy atom. The van der Waals surface area contributed by atoms with E-state index in [2.05, 4.69) is 42.0 Å². The van der Waals surface area contributed by atoms with Gasteiger partial charge < -0.3 is 15.0 Å². The van der Waals surface area contributed by atoms with Gasteiger partial charge >= 0.3 is 0 Å². The number of aromatic nitrogens is 3. The van der Waals surface area contributed by atoms with Crippen molar-refractivity contribution in [1.82, 2.24) is 15.0 Å². The fourth-order valence-corrected chi connectivity index (χ4v) is 2.94. The maximum Gasteiger partial charge on any atom is 0.231 e. The standard InChI is InChI=1S/C13H16ClN5OS/c14-11-16-12(15-3-1-10-2-8-21-9-10)18-13(17-11)19-4-6-20-7-5-19/h2,8-9H,1,3-7H2,(H,15,16,17,18). The maximum absolute atomic E-state index is 5.99. The summed E-state index contributed by atoms with van der Waals surface area (Å²) in [6, 6.07) is 2.12. The molecular formula is C13H16ClN5OS. The Morgan fingerprint density at radius 1 is 1.29 bits per heavy atom. The van der Waals surface area contributed by atoms with Gasteiger partial charge in [0.05, 0.1) is 13.2 Å². The van der Waals surface area contributed by atoms with Crippen LogP contribution in [-0.2, 0) is 11.2 Å². The fraction of sp³-hybridized carbons (Fsp3) is 0.462. The molecule has 8 heteroatoms. The molecule has 0 unspecified atom stereocenters. The first-order chi connectivity index (χ1) is 10.3. The van der Waals surface area contributed by atoms with Crippen LogP contribution in [0.5, 0.6) is 0 Å². The van der Waals surface area contributed by atoms with Crippen LogP contribution in [0.1, 0.15) is 5.56 Å². The Balaban J connectivity index is 1.63. The average Bonchev–Trinajstić information content (AvgIpc) is 3.01. The Morgan fingerprint density at radius 2 is 2.14 bits per heavy atom. The van der Waals surface area contributed by atoms with Crippen molar-refractivity contribution in [2.45, 2.75) is 6.42 Å². The van der Waals surface area contributed by atoms with Crippen LogP contribution in [0, 0.1) is 0 Å². The fourth-order valence-electron chi connectivity index (χ4n) is 2.08. The summed E-state index contributed by atoms with van der Waals surface area (Å²) >= 11 is 7.69. The van der Waals surface area contributed by atoms with Gasteiger partial charge in [-0.15, -0.1) is 0 Å². The number of anilines is 2. The molecule has 1 aliphatic rings. The van der Waals surface area contributed by atoms with E-state index >= 15 is 0 Å². The molecule has 0 aromatic carbocycles. The molecule has 3 heterocycles. The van der Waals surface area contributed by atoms with E-state index in [-0.39, 0.29) is 5.28 Å². The van der Waals surface area contributed by atoms with Crippen LogP contribution < -0.4 is 10.2 Å². The summed E-state index contributed by atoms with van der Waals surface area (Å²) in [6.45, 7) is 3.68. The van der Waals surface area contributed by atoms with Crippen LogP contribution in [0.4, 0.5) is 11.9 Å². The van der Waals surface area contributed by atoms with E-state index in [0.717, 1.165) is 26.1 Å². The number of halogens is 1. The van der Waals surface area contributed by atoms with E-state index < -0.39 is 0 Å². The molecular weight excluding hydrogens is 310 g/mol. The largest absolute Gasteiger partial charge is 0.378 e. The third kappa shape index (κ3) is 4.03. The van der Waals surface area contributed by atoms with Crippen LogP contribution in [0.2, 0.25) is 5.28 Å². The van der Waals surface area contributed by atoms with Gasteiger partial charge in [0.15, 0.2) is 0 Å². The highest BCUT2D eigenvalue weighted by molar-refractivity contribution is 7.07. The van der Waals surface area contributed by atoms with Crippen LogP contribution in [0.3, 0.4) is 0 Å². The molecule has 6 nitrogen and oxygen atoms in total. The molecule has 2 aromatic heterocycles. The lowest BCUT2D eigenvalue weighted by Crippen LogP contribution is -2.37. The quantitative estimate of drug-likeness (QED) is 0.908. The lowest BCUT2D eigenvalue weighted by atomic mass is 10.2. The molecule has 0 spiro atoms. The Labute approximate surface area is 132 Å². The third-order valence-corrected chi connectivity index (χ3v) is 4.07. The van der Waals surface area contributed by atoms with Gasteiger partial charge in [-0.05, 0) is 40.4 Å². The van der Waals surface area contributed by atoms with Crippen LogP contribution in [0.25, 0.3) is 0 Å². The zero-order valence-corrected chi connectivity index (χ0v) is 13.0. The van der Waals surface area contributed by atoms with Gasteiger partial charge in [0.2, 0.25) is 17.2 Å². The van der Waals surface area contributed by atoms with Crippen molar-refractivity contribution in [2.75, 3.05) is 43.1 Å². The molecule has 112 valence electrons. The number of hydrogen-bond donors (Lipinski definition) is 1. The third-order valence-electron chi connectivity index (χ3n) is 3.17. The van der Waals surface area contributed by atoms with Crippen molar-refractivity contribution in [3.8, 4) is 0 Å². The molecule has 1 fully saturated rings. The molecule has 0 atom stereocenters. The molecule has 0 aliphatic carbocycles. The number of thiophene rings is 1.